The van der Waals surface area contributed by atoms with Crippen molar-refractivity contribution in [3.63, 3.8) is 0 Å². The van der Waals surface area contributed by atoms with Gasteiger partial charge in [-0.25, -0.2) is 4.68 Å². The highest BCUT2D eigenvalue weighted by atomic mass is 16.1. The van der Waals surface area contributed by atoms with Gasteiger partial charge in [0, 0.05) is 0 Å². The highest BCUT2D eigenvalue weighted by molar-refractivity contribution is 5.72. The Bertz CT molecular complexity index is 445. The van der Waals surface area contributed by atoms with E-state index in [0.29, 0.717) is 5.69 Å². The first-order chi connectivity index (χ1) is 6.81. The second-order valence-electron chi connectivity index (χ2n) is 3.02. The van der Waals surface area contributed by atoms with Gasteiger partial charge < -0.3 is 0 Å². The van der Waals surface area contributed by atoms with E-state index in [1.165, 1.54) is 16.4 Å². The van der Waals surface area contributed by atoms with Crippen LogP contribution in [-0.2, 0) is 0 Å². The van der Waals surface area contributed by atoms with Crippen molar-refractivity contribution in [2.24, 2.45) is 0 Å². The molecule has 0 spiro atoms. The molecule has 0 atom stereocenters. The zero-order chi connectivity index (χ0) is 9.97. The zero-order valence-electron chi connectivity index (χ0n) is 7.71. The third kappa shape index (κ3) is 1.42. The van der Waals surface area contributed by atoms with Gasteiger partial charge in [-0.3, -0.25) is 4.79 Å². The summed E-state index contributed by atoms with van der Waals surface area (Å²) in [6, 6.07) is 7.73. The van der Waals surface area contributed by atoms with Crippen LogP contribution in [0.4, 0.5) is 0 Å². The smallest absolute Gasteiger partial charge is 0.170 e. The monoisotopic (exact) mass is 187 g/mol. The molecule has 4 heteroatoms. The molecule has 0 amide bonds. The molecule has 0 radical (unpaired) electrons. The van der Waals surface area contributed by atoms with Gasteiger partial charge in [0.05, 0.1) is 11.9 Å². The zero-order valence-corrected chi connectivity index (χ0v) is 7.71. The quantitative estimate of drug-likeness (QED) is 0.667. The summed E-state index contributed by atoms with van der Waals surface area (Å²) in [5, 5.41) is 7.50. The van der Waals surface area contributed by atoms with Gasteiger partial charge in [-0.05, 0) is 19.1 Å². The van der Waals surface area contributed by atoms with Crippen molar-refractivity contribution < 1.29 is 4.79 Å². The van der Waals surface area contributed by atoms with Gasteiger partial charge in [0.2, 0.25) is 0 Å². The predicted octanol–water partition coefficient (Wildman–Crippen LogP) is 1.39. The van der Waals surface area contributed by atoms with E-state index < -0.39 is 0 Å². The van der Waals surface area contributed by atoms with E-state index in [1.54, 1.807) is 0 Å². The molecule has 0 unspecified atom stereocenters. The van der Waals surface area contributed by atoms with Crippen molar-refractivity contribution in [1.29, 1.82) is 0 Å². The third-order valence-corrected chi connectivity index (χ3v) is 1.97. The van der Waals surface area contributed by atoms with E-state index in [1.807, 2.05) is 31.2 Å². The summed E-state index contributed by atoms with van der Waals surface area (Å²) in [6.07, 6.45) is 2.17. The van der Waals surface area contributed by atoms with Crippen molar-refractivity contribution in [2.45, 2.75) is 6.92 Å². The van der Waals surface area contributed by atoms with Gasteiger partial charge >= 0.3 is 0 Å². The number of aldehydes is 1. The van der Waals surface area contributed by atoms with E-state index in [0.717, 1.165) is 12.0 Å². The average molecular weight is 187 g/mol. The minimum absolute atomic E-state index is 0.453. The summed E-state index contributed by atoms with van der Waals surface area (Å²) in [6.45, 7) is 2.01. The summed E-state index contributed by atoms with van der Waals surface area (Å²) in [5.74, 6) is 0. The van der Waals surface area contributed by atoms with Crippen LogP contribution in [0.1, 0.15) is 16.1 Å². The molecule has 4 nitrogen and oxygen atoms in total. The maximum atomic E-state index is 10.6. The molecule has 0 aliphatic carbocycles. The highest BCUT2D eigenvalue weighted by Crippen LogP contribution is 2.09. The Hall–Kier alpha value is -1.97. The van der Waals surface area contributed by atoms with Crippen LogP contribution in [0, 0.1) is 6.92 Å². The minimum Gasteiger partial charge on any atom is -0.296 e. The van der Waals surface area contributed by atoms with Crippen molar-refractivity contribution in [3.05, 3.63) is 41.7 Å². The number of aromatic nitrogens is 3. The summed E-state index contributed by atoms with van der Waals surface area (Å²) in [5.41, 5.74) is 2.46. The molecule has 1 aromatic heterocycles. The van der Waals surface area contributed by atoms with E-state index in [4.69, 9.17) is 0 Å². The molecule has 70 valence electrons. The van der Waals surface area contributed by atoms with Crippen LogP contribution in [0.25, 0.3) is 5.69 Å². The molecule has 2 aromatic rings. The van der Waals surface area contributed by atoms with Crippen molar-refractivity contribution in [3.8, 4) is 5.69 Å². The first-order valence-electron chi connectivity index (χ1n) is 4.24. The molecule has 0 saturated carbocycles. The molecule has 0 fully saturated rings. The molecular weight excluding hydrogens is 178 g/mol. The third-order valence-electron chi connectivity index (χ3n) is 1.97. The molecule has 14 heavy (non-hydrogen) atoms. The largest absolute Gasteiger partial charge is 0.296 e. The van der Waals surface area contributed by atoms with Gasteiger partial charge in [-0.15, -0.1) is 5.10 Å². The Morgan fingerprint density at radius 3 is 2.64 bits per heavy atom. The molecule has 0 saturated heterocycles. The van der Waals surface area contributed by atoms with E-state index in [2.05, 4.69) is 10.3 Å². The molecule has 0 bridgehead atoms. The number of carbonyl (C=O) groups is 1. The average Bonchev–Trinajstić information content (AvgIpc) is 2.67. The summed E-state index contributed by atoms with van der Waals surface area (Å²) in [4.78, 5) is 10.6. The second-order valence-corrected chi connectivity index (χ2v) is 3.02. The maximum Gasteiger partial charge on any atom is 0.170 e. The molecule has 0 aliphatic heterocycles. The molecule has 0 aliphatic rings. The van der Waals surface area contributed by atoms with Crippen LogP contribution in [-0.4, -0.2) is 21.3 Å². The standard InChI is InChI=1S/C10H9N3O/c1-8-2-4-9(5-3-8)13-10(7-14)6-11-12-13/h2-7H,1H3. The van der Waals surface area contributed by atoms with Gasteiger partial charge in [0.25, 0.3) is 0 Å². The Labute approximate surface area is 81.2 Å². The lowest BCUT2D eigenvalue weighted by atomic mass is 10.2. The number of aryl methyl sites for hydroxylation is 1. The normalized spacial score (nSPS) is 10.1. The van der Waals surface area contributed by atoms with E-state index >= 15 is 0 Å². The van der Waals surface area contributed by atoms with Crippen LogP contribution >= 0.6 is 0 Å². The van der Waals surface area contributed by atoms with Crippen LogP contribution in [0.2, 0.25) is 0 Å². The van der Waals surface area contributed by atoms with Crippen LogP contribution in [0.3, 0.4) is 0 Å². The fourth-order valence-corrected chi connectivity index (χ4v) is 1.21. The fraction of sp³-hybridized carbons (Fsp3) is 0.100. The Kier molecular flexibility index (Phi) is 2.10. The Morgan fingerprint density at radius 1 is 1.29 bits per heavy atom. The summed E-state index contributed by atoms with van der Waals surface area (Å²) < 4.78 is 1.51. The number of carbonyl (C=O) groups excluding carboxylic acids is 1. The molecule has 1 aromatic carbocycles. The van der Waals surface area contributed by atoms with Gasteiger partial charge in [0.1, 0.15) is 5.69 Å². The van der Waals surface area contributed by atoms with Crippen molar-refractivity contribution >= 4 is 6.29 Å². The lowest BCUT2D eigenvalue weighted by Gasteiger charge is -2.01. The highest BCUT2D eigenvalue weighted by Gasteiger charge is 2.03. The van der Waals surface area contributed by atoms with Crippen molar-refractivity contribution in [1.82, 2.24) is 15.0 Å². The van der Waals surface area contributed by atoms with Gasteiger partial charge in [-0.1, -0.05) is 22.9 Å². The molecule has 2 rings (SSSR count). The Morgan fingerprint density at radius 2 is 2.00 bits per heavy atom. The van der Waals surface area contributed by atoms with Crippen LogP contribution in [0.15, 0.2) is 30.5 Å². The number of hydrogen-bond acceptors (Lipinski definition) is 3. The van der Waals surface area contributed by atoms with E-state index in [-0.39, 0.29) is 0 Å². The lowest BCUT2D eigenvalue weighted by molar-refractivity contribution is 0.111. The SMILES string of the molecule is Cc1ccc(-n2nncc2C=O)cc1. The first kappa shape index (κ1) is 8.62. The number of nitrogens with zero attached hydrogens (tertiary/aromatic N) is 3. The second kappa shape index (κ2) is 3.41. The molecule has 1 heterocycles. The molecule has 0 N–H and O–H groups in total. The lowest BCUT2D eigenvalue weighted by Crippen LogP contribution is -2.00. The minimum atomic E-state index is 0.453. The topological polar surface area (TPSA) is 47.8 Å². The van der Waals surface area contributed by atoms with E-state index in [9.17, 15) is 4.79 Å². The van der Waals surface area contributed by atoms with Crippen LogP contribution < -0.4 is 0 Å². The molecular formula is C10H9N3O. The van der Waals surface area contributed by atoms with Gasteiger partial charge in [-0.2, -0.15) is 0 Å². The summed E-state index contributed by atoms with van der Waals surface area (Å²) >= 11 is 0. The first-order valence-corrected chi connectivity index (χ1v) is 4.24. The number of benzene rings is 1. The number of hydrogen-bond donors (Lipinski definition) is 0. The Balaban J connectivity index is 2.49. The maximum absolute atomic E-state index is 10.6. The predicted molar refractivity (Wildman–Crippen MR) is 51.5 cm³/mol. The number of rotatable bonds is 2. The van der Waals surface area contributed by atoms with Crippen molar-refractivity contribution in [2.75, 3.05) is 0 Å². The van der Waals surface area contributed by atoms with Crippen LogP contribution in [0.5, 0.6) is 0 Å². The van der Waals surface area contributed by atoms with Gasteiger partial charge in [0.15, 0.2) is 6.29 Å². The summed E-state index contributed by atoms with van der Waals surface area (Å²) in [7, 11) is 0. The fourth-order valence-electron chi connectivity index (χ4n) is 1.21.